The van der Waals surface area contributed by atoms with Gasteiger partial charge in [-0.1, -0.05) is 42.5 Å². The van der Waals surface area contributed by atoms with Gasteiger partial charge in [-0.2, -0.15) is 0 Å². The van der Waals surface area contributed by atoms with Gasteiger partial charge in [0.15, 0.2) is 0 Å². The number of nitrogens with one attached hydrogen (secondary N) is 1. The molecule has 0 spiro atoms. The maximum absolute atomic E-state index is 11.6. The normalized spacial score (nSPS) is 16.0. The fourth-order valence-corrected chi connectivity index (χ4v) is 3.72. The topological polar surface area (TPSA) is 52.7 Å². The molecule has 1 heterocycles. The molecule has 6 heteroatoms. The quantitative estimate of drug-likeness (QED) is 0.795. The van der Waals surface area contributed by atoms with Gasteiger partial charge in [0.05, 0.1) is 5.75 Å². The summed E-state index contributed by atoms with van der Waals surface area (Å²) in [4.78, 5) is 4.79. The Kier molecular flexibility index (Phi) is 6.53. The molecule has 0 unspecified atom stereocenters. The van der Waals surface area contributed by atoms with Gasteiger partial charge in [-0.25, -0.2) is 8.42 Å². The zero-order valence-corrected chi connectivity index (χ0v) is 16.5. The minimum Gasteiger partial charge on any atom is -0.369 e. The molecule has 0 aromatic heterocycles. The molecule has 2 aromatic rings. The summed E-state index contributed by atoms with van der Waals surface area (Å²) in [5.74, 6) is 0.0788. The molecule has 0 aliphatic carbocycles. The lowest BCUT2D eigenvalue weighted by Crippen LogP contribution is -2.46. The van der Waals surface area contributed by atoms with Gasteiger partial charge in [0.1, 0.15) is 0 Å². The van der Waals surface area contributed by atoms with E-state index >= 15 is 0 Å². The van der Waals surface area contributed by atoms with E-state index in [1.54, 1.807) is 6.92 Å². The standard InChI is InChI=1S/C21H27N3O2S/c1-2-27(25,26)22-20-10-12-21(13-11-20)24-17-15-23(16-18-24)14-6-9-19-7-4-3-5-8-19/h3-13,22H,2,14-18H2,1H3/b9-6+. The van der Waals surface area contributed by atoms with Crippen LogP contribution < -0.4 is 9.62 Å². The van der Waals surface area contributed by atoms with Gasteiger partial charge in [-0.3, -0.25) is 9.62 Å². The van der Waals surface area contributed by atoms with Crippen LogP contribution in [0.1, 0.15) is 12.5 Å². The average Bonchev–Trinajstić information content (AvgIpc) is 2.70. The van der Waals surface area contributed by atoms with Crippen molar-refractivity contribution in [3.05, 3.63) is 66.2 Å². The van der Waals surface area contributed by atoms with Crippen molar-refractivity contribution in [2.75, 3.05) is 48.1 Å². The van der Waals surface area contributed by atoms with Crippen LogP contribution in [0.4, 0.5) is 11.4 Å². The first kappa shape index (κ1) is 19.5. The zero-order valence-electron chi connectivity index (χ0n) is 15.7. The van der Waals surface area contributed by atoms with Gasteiger partial charge in [0.25, 0.3) is 0 Å². The lowest BCUT2D eigenvalue weighted by Gasteiger charge is -2.35. The Bertz CT molecular complexity index is 841. The van der Waals surface area contributed by atoms with E-state index < -0.39 is 10.0 Å². The van der Waals surface area contributed by atoms with Crippen molar-refractivity contribution in [1.29, 1.82) is 0 Å². The third kappa shape index (κ3) is 5.84. The van der Waals surface area contributed by atoms with Crippen molar-refractivity contribution in [1.82, 2.24) is 4.90 Å². The van der Waals surface area contributed by atoms with Crippen LogP contribution in [0.2, 0.25) is 0 Å². The van der Waals surface area contributed by atoms with E-state index in [2.05, 4.69) is 50.9 Å². The number of hydrogen-bond donors (Lipinski definition) is 1. The van der Waals surface area contributed by atoms with Crippen LogP contribution in [0, 0.1) is 0 Å². The number of rotatable bonds is 7. The van der Waals surface area contributed by atoms with Crippen molar-refractivity contribution in [3.63, 3.8) is 0 Å². The number of sulfonamides is 1. The van der Waals surface area contributed by atoms with Crippen LogP contribution in [-0.2, 0) is 10.0 Å². The minimum absolute atomic E-state index is 0.0788. The van der Waals surface area contributed by atoms with Crippen LogP contribution in [-0.4, -0.2) is 51.8 Å². The van der Waals surface area contributed by atoms with Gasteiger partial charge in [-0.05, 0) is 36.8 Å². The van der Waals surface area contributed by atoms with Crippen molar-refractivity contribution < 1.29 is 8.42 Å². The number of hydrogen-bond acceptors (Lipinski definition) is 4. The molecular weight excluding hydrogens is 358 g/mol. The second-order valence-corrected chi connectivity index (χ2v) is 8.66. The Morgan fingerprint density at radius 2 is 1.63 bits per heavy atom. The Morgan fingerprint density at radius 1 is 0.963 bits per heavy atom. The minimum atomic E-state index is -3.22. The lowest BCUT2D eigenvalue weighted by atomic mass is 10.2. The van der Waals surface area contributed by atoms with E-state index in [4.69, 9.17) is 0 Å². The van der Waals surface area contributed by atoms with Crippen molar-refractivity contribution >= 4 is 27.5 Å². The maximum atomic E-state index is 11.6. The summed E-state index contributed by atoms with van der Waals surface area (Å²) in [6, 6.07) is 18.0. The molecule has 0 saturated carbocycles. The zero-order chi connectivity index (χ0) is 19.1. The number of anilines is 2. The molecule has 0 bridgehead atoms. The third-order valence-corrected chi connectivity index (χ3v) is 6.04. The summed E-state index contributed by atoms with van der Waals surface area (Å²) < 4.78 is 25.9. The van der Waals surface area contributed by atoms with E-state index in [9.17, 15) is 8.42 Å². The van der Waals surface area contributed by atoms with E-state index in [1.165, 1.54) is 5.56 Å². The van der Waals surface area contributed by atoms with Crippen LogP contribution in [0.5, 0.6) is 0 Å². The summed E-state index contributed by atoms with van der Waals surface area (Å²) in [5, 5.41) is 0. The molecule has 1 fully saturated rings. The van der Waals surface area contributed by atoms with Gasteiger partial charge in [-0.15, -0.1) is 0 Å². The fourth-order valence-electron chi connectivity index (χ4n) is 3.08. The van der Waals surface area contributed by atoms with E-state index in [0.717, 1.165) is 38.4 Å². The first-order valence-corrected chi connectivity index (χ1v) is 11.0. The molecule has 1 aliphatic heterocycles. The molecule has 1 N–H and O–H groups in total. The summed E-state index contributed by atoms with van der Waals surface area (Å²) in [5.41, 5.74) is 2.98. The second-order valence-electron chi connectivity index (χ2n) is 6.65. The van der Waals surface area contributed by atoms with Crippen molar-refractivity contribution in [3.8, 4) is 0 Å². The molecule has 3 rings (SSSR count). The Balaban J connectivity index is 1.48. The smallest absolute Gasteiger partial charge is 0.232 e. The van der Waals surface area contributed by atoms with Crippen LogP contribution >= 0.6 is 0 Å². The monoisotopic (exact) mass is 385 g/mol. The molecular formula is C21H27N3O2S. The molecule has 2 aromatic carbocycles. The Morgan fingerprint density at radius 3 is 2.26 bits per heavy atom. The third-order valence-electron chi connectivity index (χ3n) is 4.73. The summed E-state index contributed by atoms with van der Waals surface area (Å²) in [7, 11) is -3.22. The Hall–Kier alpha value is -2.31. The largest absolute Gasteiger partial charge is 0.369 e. The van der Waals surface area contributed by atoms with Gasteiger partial charge in [0, 0.05) is 44.1 Å². The molecule has 1 saturated heterocycles. The van der Waals surface area contributed by atoms with Crippen LogP contribution in [0.15, 0.2) is 60.7 Å². The SMILES string of the molecule is CCS(=O)(=O)Nc1ccc(N2CCN(C/C=C/c3ccccc3)CC2)cc1. The highest BCUT2D eigenvalue weighted by Crippen LogP contribution is 2.20. The predicted octanol–water partition coefficient (Wildman–Crippen LogP) is 3.28. The predicted molar refractivity (Wildman–Crippen MR) is 114 cm³/mol. The van der Waals surface area contributed by atoms with Crippen LogP contribution in [0.3, 0.4) is 0 Å². The van der Waals surface area contributed by atoms with E-state index in [-0.39, 0.29) is 5.75 Å². The lowest BCUT2D eigenvalue weighted by molar-refractivity contribution is 0.284. The summed E-state index contributed by atoms with van der Waals surface area (Å²) >= 11 is 0. The first-order valence-electron chi connectivity index (χ1n) is 9.35. The molecule has 0 atom stereocenters. The van der Waals surface area contributed by atoms with Gasteiger partial charge in [0.2, 0.25) is 10.0 Å². The molecule has 27 heavy (non-hydrogen) atoms. The van der Waals surface area contributed by atoms with E-state index in [1.807, 2.05) is 30.3 Å². The summed E-state index contributed by atoms with van der Waals surface area (Å²) in [6.07, 6.45) is 4.39. The maximum Gasteiger partial charge on any atom is 0.232 e. The van der Waals surface area contributed by atoms with Gasteiger partial charge < -0.3 is 4.90 Å². The van der Waals surface area contributed by atoms with E-state index in [0.29, 0.717) is 5.69 Å². The molecule has 1 aliphatic rings. The molecule has 0 amide bonds. The molecule has 0 radical (unpaired) electrons. The van der Waals surface area contributed by atoms with Crippen LogP contribution in [0.25, 0.3) is 6.08 Å². The van der Waals surface area contributed by atoms with Crippen molar-refractivity contribution in [2.45, 2.75) is 6.92 Å². The second kappa shape index (κ2) is 9.06. The summed E-state index contributed by atoms with van der Waals surface area (Å²) in [6.45, 7) is 6.57. The first-order chi connectivity index (χ1) is 13.1. The Labute approximate surface area is 162 Å². The highest BCUT2D eigenvalue weighted by Gasteiger charge is 2.16. The van der Waals surface area contributed by atoms with Gasteiger partial charge >= 0.3 is 0 Å². The highest BCUT2D eigenvalue weighted by molar-refractivity contribution is 7.92. The number of nitrogens with zero attached hydrogens (tertiary/aromatic N) is 2. The number of benzene rings is 2. The molecule has 144 valence electrons. The average molecular weight is 386 g/mol. The number of piperazine rings is 1. The van der Waals surface area contributed by atoms with Crippen molar-refractivity contribution in [2.24, 2.45) is 0 Å². The fraction of sp³-hybridized carbons (Fsp3) is 0.333. The highest BCUT2D eigenvalue weighted by atomic mass is 32.2. The molecule has 5 nitrogen and oxygen atoms in total.